The Hall–Kier alpha value is -4.61. The minimum absolute atomic E-state index is 0.00967. The molecule has 45 heavy (non-hydrogen) atoms. The number of allylic oxidation sites excluding steroid dienone is 1. The Morgan fingerprint density at radius 1 is 1.00 bits per heavy atom. The van der Waals surface area contributed by atoms with E-state index in [0.29, 0.717) is 40.8 Å². The average Bonchev–Trinajstić information content (AvgIpc) is 3.02. The number of esters is 2. The zero-order chi connectivity index (χ0) is 32.3. The summed E-state index contributed by atoms with van der Waals surface area (Å²) in [5.74, 6) is -1.56. The van der Waals surface area contributed by atoms with Gasteiger partial charge in [0.25, 0.3) is 0 Å². The number of nitrogens with one attached hydrogen (secondary N) is 3. The second kappa shape index (κ2) is 15.9. The number of dihydropyridines is 1. The number of hydrogen-bond acceptors (Lipinski definition) is 9. The number of aromatic nitrogens is 1. The first-order chi connectivity index (χ1) is 21.7. The summed E-state index contributed by atoms with van der Waals surface area (Å²) in [6.45, 7) is 4.30. The molecule has 4 rings (SSSR count). The molecule has 0 radical (unpaired) electrons. The Bertz CT molecular complexity index is 1680. The van der Waals surface area contributed by atoms with Gasteiger partial charge in [0.05, 0.1) is 56.3 Å². The minimum atomic E-state index is -0.842. The van der Waals surface area contributed by atoms with E-state index >= 15 is 0 Å². The van der Waals surface area contributed by atoms with Crippen LogP contribution in [0, 0.1) is 0 Å². The van der Waals surface area contributed by atoms with E-state index in [1.165, 1.54) is 13.2 Å². The summed E-state index contributed by atoms with van der Waals surface area (Å²) in [4.78, 5) is 52.7. The van der Waals surface area contributed by atoms with Crippen molar-refractivity contribution < 1.29 is 33.3 Å². The van der Waals surface area contributed by atoms with Gasteiger partial charge in [0.1, 0.15) is 5.75 Å². The molecular weight excluding hydrogens is 602 g/mol. The van der Waals surface area contributed by atoms with Crippen molar-refractivity contribution >= 4 is 40.3 Å². The third kappa shape index (κ3) is 8.52. The molecule has 1 aliphatic rings. The third-order valence-electron chi connectivity index (χ3n) is 7.09. The monoisotopic (exact) mass is 637 g/mol. The van der Waals surface area contributed by atoms with Crippen molar-refractivity contribution in [2.75, 3.05) is 40.1 Å². The van der Waals surface area contributed by atoms with Crippen LogP contribution in [0.15, 0.2) is 81.9 Å². The number of benzene rings is 2. The smallest absolute Gasteiger partial charge is 0.336 e. The minimum Gasteiger partial charge on any atom is -0.494 e. The standard InChI is InChI=1S/C33H36ClN3O8/c1-4-44-33(41)31-26(36-20(2)29(32(40)42-3)30(31)23-8-5-6-9-24(23)34)19-43-17-15-35-27(38)10-7-16-45-22-12-13-25-21(18-22)11-14-28(39)37-25/h5-6,8-9,11-14,18,30,36H,4,7,10,15-17,19H2,1-3H3,(H,35,38)(H,37,39). The molecule has 238 valence electrons. The fourth-order valence-electron chi connectivity index (χ4n) is 5.03. The number of carbonyl (C=O) groups excluding carboxylic acids is 3. The summed E-state index contributed by atoms with van der Waals surface area (Å²) in [6, 6.07) is 15.5. The van der Waals surface area contributed by atoms with Gasteiger partial charge >= 0.3 is 11.9 Å². The fraction of sp³-hybridized carbons (Fsp3) is 0.333. The normalized spacial score (nSPS) is 14.6. The largest absolute Gasteiger partial charge is 0.494 e. The van der Waals surface area contributed by atoms with Crippen molar-refractivity contribution in [1.29, 1.82) is 0 Å². The Morgan fingerprint density at radius 2 is 1.80 bits per heavy atom. The van der Waals surface area contributed by atoms with Crippen LogP contribution in [-0.4, -0.2) is 62.9 Å². The van der Waals surface area contributed by atoms with Gasteiger partial charge in [-0.3, -0.25) is 9.59 Å². The first-order valence-electron chi connectivity index (χ1n) is 14.5. The Balaban J connectivity index is 1.32. The molecule has 11 nitrogen and oxygen atoms in total. The van der Waals surface area contributed by atoms with E-state index in [4.69, 9.17) is 30.5 Å². The lowest BCUT2D eigenvalue weighted by Crippen LogP contribution is -2.35. The third-order valence-corrected chi connectivity index (χ3v) is 7.43. The number of amides is 1. The van der Waals surface area contributed by atoms with E-state index in [-0.39, 0.29) is 55.4 Å². The van der Waals surface area contributed by atoms with Crippen molar-refractivity contribution in [3.05, 3.63) is 98.1 Å². The molecule has 0 saturated carbocycles. The molecule has 0 spiro atoms. The topological polar surface area (TPSA) is 145 Å². The van der Waals surface area contributed by atoms with Crippen LogP contribution >= 0.6 is 11.6 Å². The maximum atomic E-state index is 13.3. The summed E-state index contributed by atoms with van der Waals surface area (Å²) >= 11 is 6.53. The fourth-order valence-corrected chi connectivity index (χ4v) is 5.28. The second-order valence-electron chi connectivity index (χ2n) is 10.1. The van der Waals surface area contributed by atoms with E-state index in [2.05, 4.69) is 15.6 Å². The van der Waals surface area contributed by atoms with E-state index in [0.717, 1.165) is 10.9 Å². The molecule has 1 aliphatic heterocycles. The molecule has 3 aromatic rings. The predicted octanol–water partition coefficient (Wildman–Crippen LogP) is 4.12. The highest BCUT2D eigenvalue weighted by atomic mass is 35.5. The van der Waals surface area contributed by atoms with Crippen LogP contribution in [0.4, 0.5) is 0 Å². The molecule has 1 amide bonds. The SMILES string of the molecule is CCOC(=O)C1=C(COCCNC(=O)CCCOc2ccc3[nH]c(=O)ccc3c2)NC(C)=C(C(=O)OC)C1c1ccccc1Cl. The summed E-state index contributed by atoms with van der Waals surface area (Å²) in [6.07, 6.45) is 0.772. The number of hydrogen-bond donors (Lipinski definition) is 3. The van der Waals surface area contributed by atoms with Gasteiger partial charge in [-0.25, -0.2) is 9.59 Å². The highest BCUT2D eigenvalue weighted by Crippen LogP contribution is 2.41. The molecule has 0 saturated heterocycles. The van der Waals surface area contributed by atoms with E-state index in [1.54, 1.807) is 56.3 Å². The Kier molecular flexibility index (Phi) is 11.8. The average molecular weight is 638 g/mol. The van der Waals surface area contributed by atoms with Crippen LogP contribution < -0.4 is 20.9 Å². The Labute approximate surface area is 265 Å². The van der Waals surface area contributed by atoms with Crippen LogP contribution in [0.5, 0.6) is 5.75 Å². The van der Waals surface area contributed by atoms with Gasteiger partial charge in [-0.2, -0.15) is 0 Å². The van der Waals surface area contributed by atoms with Crippen molar-refractivity contribution in [3.8, 4) is 5.75 Å². The zero-order valence-corrected chi connectivity index (χ0v) is 26.1. The summed E-state index contributed by atoms with van der Waals surface area (Å²) < 4.78 is 22.0. The van der Waals surface area contributed by atoms with Crippen molar-refractivity contribution in [2.45, 2.75) is 32.6 Å². The molecular formula is C33H36ClN3O8. The first kappa shape index (κ1) is 33.3. The maximum Gasteiger partial charge on any atom is 0.336 e. The number of carbonyl (C=O) groups is 3. The van der Waals surface area contributed by atoms with Crippen molar-refractivity contribution in [3.63, 3.8) is 0 Å². The molecule has 0 fully saturated rings. The lowest BCUT2D eigenvalue weighted by Gasteiger charge is -2.31. The van der Waals surface area contributed by atoms with Crippen LogP contribution in [0.2, 0.25) is 5.02 Å². The van der Waals surface area contributed by atoms with E-state index in [9.17, 15) is 19.2 Å². The predicted molar refractivity (Wildman–Crippen MR) is 169 cm³/mol. The van der Waals surface area contributed by atoms with Gasteiger partial charge in [-0.05, 0) is 56.2 Å². The second-order valence-corrected chi connectivity index (χ2v) is 10.6. The van der Waals surface area contributed by atoms with Crippen molar-refractivity contribution in [2.24, 2.45) is 0 Å². The molecule has 1 aromatic heterocycles. The molecule has 2 heterocycles. The number of H-pyrrole nitrogens is 1. The van der Waals surface area contributed by atoms with Crippen LogP contribution in [0.1, 0.15) is 38.2 Å². The Morgan fingerprint density at radius 3 is 2.56 bits per heavy atom. The maximum absolute atomic E-state index is 13.3. The molecule has 0 aliphatic carbocycles. The molecule has 1 atom stereocenters. The van der Waals surface area contributed by atoms with E-state index in [1.807, 2.05) is 6.07 Å². The first-order valence-corrected chi connectivity index (χ1v) is 14.9. The van der Waals surface area contributed by atoms with Crippen LogP contribution in [0.3, 0.4) is 0 Å². The van der Waals surface area contributed by atoms with Gasteiger partial charge in [0.2, 0.25) is 11.5 Å². The van der Waals surface area contributed by atoms with Gasteiger partial charge < -0.3 is 34.6 Å². The van der Waals surface area contributed by atoms with Gasteiger partial charge in [-0.15, -0.1) is 0 Å². The summed E-state index contributed by atoms with van der Waals surface area (Å²) in [5.41, 5.74) is 2.46. The zero-order valence-electron chi connectivity index (χ0n) is 25.4. The highest BCUT2D eigenvalue weighted by molar-refractivity contribution is 6.31. The van der Waals surface area contributed by atoms with Crippen LogP contribution in [0.25, 0.3) is 10.9 Å². The van der Waals surface area contributed by atoms with Gasteiger partial charge in [0, 0.05) is 40.7 Å². The molecule has 1 unspecified atom stereocenters. The number of rotatable bonds is 14. The number of pyridine rings is 1. The number of fused-ring (bicyclic) bond motifs is 1. The number of methoxy groups -OCH3 is 1. The van der Waals surface area contributed by atoms with Crippen molar-refractivity contribution in [1.82, 2.24) is 15.6 Å². The molecule has 2 aromatic carbocycles. The quantitative estimate of drug-likeness (QED) is 0.176. The lowest BCUT2D eigenvalue weighted by atomic mass is 9.80. The number of ether oxygens (including phenoxy) is 4. The van der Waals surface area contributed by atoms with E-state index < -0.39 is 17.9 Å². The number of aromatic amines is 1. The van der Waals surface area contributed by atoms with Crippen LogP contribution in [-0.2, 0) is 28.6 Å². The molecule has 3 N–H and O–H groups in total. The molecule has 12 heteroatoms. The lowest BCUT2D eigenvalue weighted by molar-refractivity contribution is -0.139. The van der Waals surface area contributed by atoms with Gasteiger partial charge in [-0.1, -0.05) is 29.8 Å². The number of halogens is 1. The summed E-state index contributed by atoms with van der Waals surface area (Å²) in [5, 5.41) is 7.17. The highest BCUT2D eigenvalue weighted by Gasteiger charge is 2.39. The molecule has 0 bridgehead atoms. The summed E-state index contributed by atoms with van der Waals surface area (Å²) in [7, 11) is 1.27. The van der Waals surface area contributed by atoms with Gasteiger partial charge in [0.15, 0.2) is 0 Å².